The number of esters is 1. The van der Waals surface area contributed by atoms with Crippen LogP contribution >= 0.6 is 0 Å². The second kappa shape index (κ2) is 9.18. The Hall–Kier alpha value is -2.43. The molecule has 0 amide bonds. The number of hydrogen-bond donors (Lipinski definition) is 0. The number of nitrogens with zero attached hydrogens (tertiary/aromatic N) is 1. The lowest BCUT2D eigenvalue weighted by atomic mass is 9.86. The first kappa shape index (κ1) is 18.9. The fraction of sp³-hybridized carbons (Fsp3) is 0.375. The summed E-state index contributed by atoms with van der Waals surface area (Å²) in [6.07, 6.45) is 4.42. The molecule has 146 valence electrons. The molecule has 1 atom stereocenters. The van der Waals surface area contributed by atoms with Gasteiger partial charge < -0.3 is 9.47 Å². The molecule has 2 aromatic rings. The van der Waals surface area contributed by atoms with Crippen molar-refractivity contribution in [2.75, 3.05) is 26.3 Å². The molecule has 0 radical (unpaired) electrons. The number of ether oxygens (including phenoxy) is 2. The van der Waals surface area contributed by atoms with Gasteiger partial charge in [-0.15, -0.1) is 0 Å². The molecule has 1 aliphatic carbocycles. The zero-order valence-electron chi connectivity index (χ0n) is 16.2. The standard InChI is InChI=1S/C24H27NO3/c26-24(20-11-5-2-6-12-20)28-23(19-9-3-1-4-10-19)21-13-7-8-14-22(21)25-15-17-27-18-16-25/h1-6,9-12,22H,7-8,13-18H2/b23-21+/t22-/m0/s1. The Morgan fingerprint density at radius 3 is 2.21 bits per heavy atom. The zero-order valence-corrected chi connectivity index (χ0v) is 16.2. The van der Waals surface area contributed by atoms with Crippen molar-refractivity contribution in [2.45, 2.75) is 31.7 Å². The van der Waals surface area contributed by atoms with Gasteiger partial charge in [-0.1, -0.05) is 55.0 Å². The summed E-state index contributed by atoms with van der Waals surface area (Å²) in [5.74, 6) is 0.448. The highest BCUT2D eigenvalue weighted by molar-refractivity contribution is 5.93. The number of hydrogen-bond acceptors (Lipinski definition) is 4. The van der Waals surface area contributed by atoms with Gasteiger partial charge in [0.15, 0.2) is 0 Å². The monoisotopic (exact) mass is 377 g/mol. The Bertz CT molecular complexity index is 810. The van der Waals surface area contributed by atoms with E-state index in [1.54, 1.807) is 12.1 Å². The van der Waals surface area contributed by atoms with Gasteiger partial charge in [-0.05, 0) is 37.0 Å². The highest BCUT2D eigenvalue weighted by atomic mass is 16.5. The van der Waals surface area contributed by atoms with Crippen molar-refractivity contribution in [2.24, 2.45) is 0 Å². The van der Waals surface area contributed by atoms with Crippen molar-refractivity contribution >= 4 is 11.7 Å². The third-order valence-corrected chi connectivity index (χ3v) is 5.59. The maximum absolute atomic E-state index is 12.9. The van der Waals surface area contributed by atoms with Crippen molar-refractivity contribution < 1.29 is 14.3 Å². The summed E-state index contributed by atoms with van der Waals surface area (Å²) in [5.41, 5.74) is 2.81. The van der Waals surface area contributed by atoms with Gasteiger partial charge in [-0.2, -0.15) is 0 Å². The van der Waals surface area contributed by atoms with Crippen LogP contribution < -0.4 is 0 Å². The molecule has 4 heteroatoms. The topological polar surface area (TPSA) is 38.8 Å². The molecule has 28 heavy (non-hydrogen) atoms. The molecule has 2 aromatic carbocycles. The predicted molar refractivity (Wildman–Crippen MR) is 110 cm³/mol. The summed E-state index contributed by atoms with van der Waals surface area (Å²) < 4.78 is 11.6. The number of morpholine rings is 1. The van der Waals surface area contributed by atoms with E-state index in [1.165, 1.54) is 12.0 Å². The van der Waals surface area contributed by atoms with E-state index in [0.29, 0.717) is 11.6 Å². The largest absolute Gasteiger partial charge is 0.422 e. The average Bonchev–Trinajstić information content (AvgIpc) is 2.79. The maximum Gasteiger partial charge on any atom is 0.343 e. The van der Waals surface area contributed by atoms with E-state index in [0.717, 1.165) is 56.9 Å². The Morgan fingerprint density at radius 1 is 0.893 bits per heavy atom. The van der Waals surface area contributed by atoms with Gasteiger partial charge in [-0.25, -0.2) is 4.79 Å². The minimum absolute atomic E-state index is 0.293. The van der Waals surface area contributed by atoms with Crippen LogP contribution in [0.5, 0.6) is 0 Å². The van der Waals surface area contributed by atoms with Gasteiger partial charge in [0.1, 0.15) is 5.76 Å². The SMILES string of the molecule is O=C(O/C(=C1\CCCC[C@@H]1N1CCOCC1)c1ccccc1)c1ccccc1. The number of rotatable bonds is 4. The summed E-state index contributed by atoms with van der Waals surface area (Å²) in [7, 11) is 0. The average molecular weight is 377 g/mol. The van der Waals surface area contributed by atoms with Crippen LogP contribution in [-0.2, 0) is 9.47 Å². The summed E-state index contributed by atoms with van der Waals surface area (Å²) in [6, 6.07) is 19.6. The van der Waals surface area contributed by atoms with Crippen molar-refractivity contribution in [3.8, 4) is 0 Å². The molecule has 0 unspecified atom stereocenters. The summed E-state index contributed by atoms with van der Waals surface area (Å²) in [6.45, 7) is 3.41. The van der Waals surface area contributed by atoms with E-state index in [-0.39, 0.29) is 5.97 Å². The normalized spacial score (nSPS) is 22.5. The molecule has 2 fully saturated rings. The molecule has 0 bridgehead atoms. The highest BCUT2D eigenvalue weighted by Crippen LogP contribution is 2.35. The van der Waals surface area contributed by atoms with Gasteiger partial charge in [0.25, 0.3) is 0 Å². The Morgan fingerprint density at radius 2 is 1.54 bits per heavy atom. The molecule has 0 aromatic heterocycles. The predicted octanol–water partition coefficient (Wildman–Crippen LogP) is 4.53. The first-order valence-corrected chi connectivity index (χ1v) is 10.2. The van der Waals surface area contributed by atoms with Crippen LogP contribution in [0.3, 0.4) is 0 Å². The van der Waals surface area contributed by atoms with Gasteiger partial charge in [-0.3, -0.25) is 4.90 Å². The lowest BCUT2D eigenvalue weighted by Crippen LogP contribution is -2.45. The summed E-state index contributed by atoms with van der Waals surface area (Å²) in [4.78, 5) is 15.4. The molecule has 0 spiro atoms. The van der Waals surface area contributed by atoms with Crippen LogP contribution in [0.15, 0.2) is 66.2 Å². The molecule has 1 aliphatic heterocycles. The van der Waals surface area contributed by atoms with Gasteiger partial charge in [0.05, 0.1) is 18.8 Å². The molecular weight excluding hydrogens is 350 g/mol. The Balaban J connectivity index is 1.71. The van der Waals surface area contributed by atoms with Crippen molar-refractivity contribution in [1.82, 2.24) is 4.90 Å². The van der Waals surface area contributed by atoms with E-state index >= 15 is 0 Å². The van der Waals surface area contributed by atoms with Crippen molar-refractivity contribution in [3.63, 3.8) is 0 Å². The second-order valence-corrected chi connectivity index (χ2v) is 7.39. The minimum Gasteiger partial charge on any atom is -0.422 e. The van der Waals surface area contributed by atoms with Crippen molar-refractivity contribution in [3.05, 3.63) is 77.4 Å². The summed E-state index contributed by atoms with van der Waals surface area (Å²) in [5, 5.41) is 0. The van der Waals surface area contributed by atoms with Crippen LogP contribution in [-0.4, -0.2) is 43.2 Å². The van der Waals surface area contributed by atoms with Crippen molar-refractivity contribution in [1.29, 1.82) is 0 Å². The number of carbonyl (C=O) groups excluding carboxylic acids is 1. The van der Waals surface area contributed by atoms with Gasteiger partial charge in [0.2, 0.25) is 0 Å². The van der Waals surface area contributed by atoms with Crippen LogP contribution in [0.1, 0.15) is 41.6 Å². The van der Waals surface area contributed by atoms with E-state index in [9.17, 15) is 4.79 Å². The van der Waals surface area contributed by atoms with Crippen LogP contribution in [0.2, 0.25) is 0 Å². The maximum atomic E-state index is 12.9. The fourth-order valence-corrected chi connectivity index (χ4v) is 4.18. The minimum atomic E-state index is -0.293. The van der Waals surface area contributed by atoms with E-state index < -0.39 is 0 Å². The lowest BCUT2D eigenvalue weighted by molar-refractivity contribution is 0.0186. The highest BCUT2D eigenvalue weighted by Gasteiger charge is 2.30. The molecule has 1 saturated carbocycles. The number of carbonyl (C=O) groups is 1. The quantitative estimate of drug-likeness (QED) is 0.580. The molecule has 1 heterocycles. The molecule has 4 rings (SSSR count). The van der Waals surface area contributed by atoms with Crippen LogP contribution in [0.4, 0.5) is 0 Å². The smallest absolute Gasteiger partial charge is 0.343 e. The van der Waals surface area contributed by atoms with E-state index in [2.05, 4.69) is 4.90 Å². The van der Waals surface area contributed by atoms with Gasteiger partial charge >= 0.3 is 5.97 Å². The van der Waals surface area contributed by atoms with Crippen LogP contribution in [0.25, 0.3) is 5.76 Å². The van der Waals surface area contributed by atoms with E-state index in [1.807, 2.05) is 48.5 Å². The Kier molecular flexibility index (Phi) is 6.20. The Labute approximate surface area is 166 Å². The van der Waals surface area contributed by atoms with Crippen LogP contribution in [0, 0.1) is 0 Å². The molecule has 0 N–H and O–H groups in total. The number of benzene rings is 2. The van der Waals surface area contributed by atoms with E-state index in [4.69, 9.17) is 9.47 Å². The fourth-order valence-electron chi connectivity index (χ4n) is 4.18. The molecule has 4 nitrogen and oxygen atoms in total. The third-order valence-electron chi connectivity index (χ3n) is 5.59. The van der Waals surface area contributed by atoms with Gasteiger partial charge in [0, 0.05) is 24.7 Å². The molecular formula is C24H27NO3. The first-order valence-electron chi connectivity index (χ1n) is 10.2. The summed E-state index contributed by atoms with van der Waals surface area (Å²) >= 11 is 0. The first-order chi connectivity index (χ1) is 13.8. The molecule has 2 aliphatic rings. The second-order valence-electron chi connectivity index (χ2n) is 7.39. The zero-order chi connectivity index (χ0) is 19.2. The third kappa shape index (κ3) is 4.34. The lowest BCUT2D eigenvalue weighted by Gasteiger charge is -2.39. The molecule has 1 saturated heterocycles.